The van der Waals surface area contributed by atoms with Crippen LogP contribution in [0.2, 0.25) is 0 Å². The van der Waals surface area contributed by atoms with Crippen LogP contribution in [0.25, 0.3) is 0 Å². The van der Waals surface area contributed by atoms with Gasteiger partial charge in [0.1, 0.15) is 30.2 Å². The fourth-order valence-corrected chi connectivity index (χ4v) is 5.78. The first kappa shape index (κ1) is 28.4. The van der Waals surface area contributed by atoms with Crippen LogP contribution < -0.4 is 15.4 Å². The number of fused-ring (bicyclic) bond motifs is 3. The number of rotatable bonds is 7. The van der Waals surface area contributed by atoms with Crippen LogP contribution >= 0.6 is 0 Å². The summed E-state index contributed by atoms with van der Waals surface area (Å²) < 4.78 is 57.3. The number of hydrogen-bond donors (Lipinski definition) is 3. The van der Waals surface area contributed by atoms with Gasteiger partial charge in [0.05, 0.1) is 4.90 Å². The Kier molecular flexibility index (Phi) is 7.35. The molecule has 2 aromatic rings. The molecule has 5 rings (SSSR count). The minimum atomic E-state index is -3.87. The molecule has 2 amide bonds. The van der Waals surface area contributed by atoms with E-state index in [4.69, 9.17) is 23.7 Å². The lowest BCUT2D eigenvalue weighted by Crippen LogP contribution is -2.60. The Labute approximate surface area is 231 Å². The van der Waals surface area contributed by atoms with Gasteiger partial charge in [-0.3, -0.25) is 14.3 Å². The van der Waals surface area contributed by atoms with Crippen LogP contribution in [-0.2, 0) is 43.3 Å². The van der Waals surface area contributed by atoms with Crippen molar-refractivity contribution < 1.29 is 41.7 Å². The minimum absolute atomic E-state index is 0.0113. The van der Waals surface area contributed by atoms with Crippen molar-refractivity contribution in [3.05, 3.63) is 48.7 Å². The predicted molar refractivity (Wildman–Crippen MR) is 140 cm³/mol. The van der Waals surface area contributed by atoms with Crippen molar-refractivity contribution in [3.8, 4) is 0 Å². The molecule has 40 heavy (non-hydrogen) atoms. The van der Waals surface area contributed by atoms with Crippen LogP contribution in [0, 0.1) is 0 Å². The van der Waals surface area contributed by atoms with Gasteiger partial charge in [-0.1, -0.05) is 6.07 Å². The normalized spacial score (nSPS) is 29.1. The van der Waals surface area contributed by atoms with Gasteiger partial charge in [0.25, 0.3) is 15.9 Å². The Balaban J connectivity index is 1.21. The summed E-state index contributed by atoms with van der Waals surface area (Å²) >= 11 is 0. The molecule has 0 radical (unpaired) electrons. The van der Waals surface area contributed by atoms with Crippen LogP contribution in [0.4, 0.5) is 11.5 Å². The summed E-state index contributed by atoms with van der Waals surface area (Å²) in [7, 11) is -3.87. The van der Waals surface area contributed by atoms with Crippen molar-refractivity contribution in [2.24, 2.45) is 0 Å². The van der Waals surface area contributed by atoms with Gasteiger partial charge in [-0.25, -0.2) is 13.4 Å². The van der Waals surface area contributed by atoms with Crippen molar-refractivity contribution in [3.63, 3.8) is 0 Å². The molecule has 6 unspecified atom stereocenters. The monoisotopic (exact) mass is 576 g/mol. The van der Waals surface area contributed by atoms with E-state index in [1.54, 1.807) is 39.8 Å². The standard InChI is InChI=1S/C26H32N4O9S/c1-14(22(31)29-15-9-11-16(12-10-15)40(33,34)30-17-8-6-7-13-27-17)28-23(32)20-18-19(37-25(2,3)36-18)21-24(35-20)39-26(4,5)38-21/h6-14,18-21,24H,1-5H3,(H,27,30)(H,28,32)(H,29,31). The van der Waals surface area contributed by atoms with Gasteiger partial charge in [-0.2, -0.15) is 0 Å². The number of sulfonamides is 1. The summed E-state index contributed by atoms with van der Waals surface area (Å²) in [6.07, 6.45) is -2.47. The van der Waals surface area contributed by atoms with Gasteiger partial charge < -0.3 is 34.3 Å². The van der Waals surface area contributed by atoms with E-state index < -0.39 is 70.2 Å². The molecule has 13 nitrogen and oxygen atoms in total. The molecule has 3 N–H and O–H groups in total. The number of hydrogen-bond acceptors (Lipinski definition) is 10. The number of aromatic nitrogens is 1. The van der Waals surface area contributed by atoms with Crippen LogP contribution in [0.1, 0.15) is 34.6 Å². The highest BCUT2D eigenvalue weighted by molar-refractivity contribution is 7.92. The molecule has 3 saturated heterocycles. The van der Waals surface area contributed by atoms with Crippen molar-refractivity contribution in [2.75, 3.05) is 10.0 Å². The topological polar surface area (TPSA) is 163 Å². The number of amides is 2. The molecule has 0 spiro atoms. The lowest BCUT2D eigenvalue weighted by Gasteiger charge is -2.36. The highest BCUT2D eigenvalue weighted by Gasteiger charge is 2.62. The summed E-state index contributed by atoms with van der Waals surface area (Å²) in [5.41, 5.74) is 0.340. The molecule has 3 aliphatic heterocycles. The summed E-state index contributed by atoms with van der Waals surface area (Å²) in [5, 5.41) is 5.32. The Bertz CT molecular complexity index is 1370. The third kappa shape index (κ3) is 5.96. The van der Waals surface area contributed by atoms with Gasteiger partial charge in [-0.05, 0) is 71.0 Å². The van der Waals surface area contributed by atoms with E-state index in [1.807, 2.05) is 0 Å². The van der Waals surface area contributed by atoms with Crippen LogP contribution in [0.5, 0.6) is 0 Å². The van der Waals surface area contributed by atoms with Gasteiger partial charge in [0.2, 0.25) is 5.91 Å². The van der Waals surface area contributed by atoms with Gasteiger partial charge in [0.15, 0.2) is 24.0 Å². The predicted octanol–water partition coefficient (Wildman–Crippen LogP) is 1.72. The molecule has 0 bridgehead atoms. The number of carbonyl (C=O) groups is 2. The smallest absolute Gasteiger partial charge is 0.263 e. The molecular formula is C26H32N4O9S. The quantitative estimate of drug-likeness (QED) is 0.442. The van der Waals surface area contributed by atoms with E-state index in [9.17, 15) is 18.0 Å². The van der Waals surface area contributed by atoms with Crippen molar-refractivity contribution in [1.29, 1.82) is 0 Å². The molecule has 4 heterocycles. The summed E-state index contributed by atoms with van der Waals surface area (Å²) in [6, 6.07) is 9.48. The Morgan fingerprint density at radius 3 is 2.23 bits per heavy atom. The number of carbonyl (C=O) groups excluding carboxylic acids is 2. The third-order valence-electron chi connectivity index (χ3n) is 6.50. The molecule has 6 atom stereocenters. The van der Waals surface area contributed by atoms with Gasteiger partial charge >= 0.3 is 0 Å². The summed E-state index contributed by atoms with van der Waals surface area (Å²) in [6.45, 7) is 8.46. The molecule has 0 aliphatic carbocycles. The zero-order valence-electron chi connectivity index (χ0n) is 22.6. The lowest BCUT2D eigenvalue weighted by atomic mass is 9.98. The number of nitrogens with zero attached hydrogens (tertiary/aromatic N) is 1. The van der Waals surface area contributed by atoms with Crippen LogP contribution in [0.15, 0.2) is 53.6 Å². The summed E-state index contributed by atoms with van der Waals surface area (Å²) in [5.74, 6) is -2.82. The zero-order valence-corrected chi connectivity index (χ0v) is 23.4. The molecule has 0 saturated carbocycles. The Morgan fingerprint density at radius 2 is 1.55 bits per heavy atom. The third-order valence-corrected chi connectivity index (χ3v) is 7.87. The molecule has 1 aromatic heterocycles. The molecular weight excluding hydrogens is 544 g/mol. The van der Waals surface area contributed by atoms with Crippen molar-refractivity contribution in [2.45, 2.75) is 87.8 Å². The highest BCUT2D eigenvalue weighted by Crippen LogP contribution is 2.44. The van der Waals surface area contributed by atoms with Gasteiger partial charge in [-0.15, -0.1) is 0 Å². The lowest BCUT2D eigenvalue weighted by molar-refractivity contribution is -0.231. The fraction of sp³-hybridized carbons (Fsp3) is 0.500. The van der Waals surface area contributed by atoms with Crippen molar-refractivity contribution in [1.82, 2.24) is 10.3 Å². The molecule has 216 valence electrons. The van der Waals surface area contributed by atoms with E-state index in [0.717, 1.165) is 0 Å². The highest BCUT2D eigenvalue weighted by atomic mass is 32.2. The Hall–Kier alpha value is -3.14. The summed E-state index contributed by atoms with van der Waals surface area (Å²) in [4.78, 5) is 30.0. The van der Waals surface area contributed by atoms with Crippen LogP contribution in [0.3, 0.4) is 0 Å². The maximum Gasteiger partial charge on any atom is 0.263 e. The molecule has 3 aliphatic rings. The zero-order chi connectivity index (χ0) is 28.9. The van der Waals surface area contributed by atoms with Gasteiger partial charge in [0, 0.05) is 11.9 Å². The Morgan fingerprint density at radius 1 is 0.900 bits per heavy atom. The minimum Gasteiger partial charge on any atom is -0.342 e. The van der Waals surface area contributed by atoms with E-state index in [0.29, 0.717) is 5.69 Å². The first-order valence-electron chi connectivity index (χ1n) is 12.7. The second-order valence-corrected chi connectivity index (χ2v) is 12.3. The van der Waals surface area contributed by atoms with Crippen molar-refractivity contribution >= 4 is 33.3 Å². The van der Waals surface area contributed by atoms with E-state index >= 15 is 0 Å². The number of pyridine rings is 1. The molecule has 1 aromatic carbocycles. The average Bonchev–Trinajstić information content (AvgIpc) is 3.37. The average molecular weight is 577 g/mol. The number of ether oxygens (including phenoxy) is 5. The fourth-order valence-electron chi connectivity index (χ4n) is 4.77. The number of benzene rings is 1. The molecule has 14 heteroatoms. The molecule has 3 fully saturated rings. The first-order chi connectivity index (χ1) is 18.7. The second kappa shape index (κ2) is 10.4. The SMILES string of the molecule is CC(NC(=O)C1OC2OC(C)(C)OC2C2OC(C)(C)OC12)C(=O)Nc1ccc(S(=O)(=O)Nc2ccccn2)cc1. The maximum absolute atomic E-state index is 13.2. The van der Waals surface area contributed by atoms with E-state index in [2.05, 4.69) is 20.3 Å². The maximum atomic E-state index is 13.2. The first-order valence-corrected chi connectivity index (χ1v) is 14.2. The van der Waals surface area contributed by atoms with E-state index in [-0.39, 0.29) is 10.7 Å². The number of nitrogens with one attached hydrogen (secondary N) is 3. The number of anilines is 2. The van der Waals surface area contributed by atoms with Crippen LogP contribution in [-0.4, -0.2) is 73.5 Å². The largest absolute Gasteiger partial charge is 0.342 e. The van der Waals surface area contributed by atoms with E-state index in [1.165, 1.54) is 43.5 Å². The second-order valence-electron chi connectivity index (χ2n) is 10.7.